The summed E-state index contributed by atoms with van der Waals surface area (Å²) >= 11 is 6.36. The Bertz CT molecular complexity index is 1390. The summed E-state index contributed by atoms with van der Waals surface area (Å²) in [6.07, 6.45) is 10.5. The number of amides is 1. The number of alkyl halides is 1. The zero-order valence-corrected chi connectivity index (χ0v) is 16.5. The van der Waals surface area contributed by atoms with Crippen LogP contribution in [-0.2, 0) is 4.79 Å². The van der Waals surface area contributed by atoms with Crippen molar-refractivity contribution in [2.75, 3.05) is 17.2 Å². The second kappa shape index (κ2) is 7.21. The number of aromatic nitrogens is 5. The molecular weight excluding hydrogens is 428 g/mol. The minimum atomic E-state index is -1.10. The van der Waals surface area contributed by atoms with Crippen LogP contribution in [0.15, 0.2) is 24.8 Å². The minimum absolute atomic E-state index is 0.110. The Labute approximate surface area is 179 Å². The number of terminal acetylenes is 1. The van der Waals surface area contributed by atoms with Crippen molar-refractivity contribution in [3.05, 3.63) is 35.6 Å². The first-order valence-corrected chi connectivity index (χ1v) is 9.67. The molecule has 3 heterocycles. The van der Waals surface area contributed by atoms with Crippen molar-refractivity contribution in [1.82, 2.24) is 24.6 Å². The van der Waals surface area contributed by atoms with Gasteiger partial charge in [-0.1, -0.05) is 17.5 Å². The lowest BCUT2D eigenvalue weighted by Crippen LogP contribution is -2.15. The van der Waals surface area contributed by atoms with Gasteiger partial charge in [-0.3, -0.25) is 14.9 Å². The highest BCUT2D eigenvalue weighted by Gasteiger charge is 2.43. The normalized spacial score (nSPS) is 17.6. The van der Waals surface area contributed by atoms with Gasteiger partial charge < -0.3 is 15.0 Å². The average molecular weight is 442 g/mol. The highest BCUT2D eigenvalue weighted by Crippen LogP contribution is 2.40. The van der Waals surface area contributed by atoms with E-state index < -0.39 is 23.8 Å². The van der Waals surface area contributed by atoms with E-state index in [1.807, 2.05) is 0 Å². The molecule has 0 radical (unpaired) electrons. The molecule has 1 amide bonds. The molecule has 0 aliphatic heterocycles. The second-order valence-electron chi connectivity index (χ2n) is 7.11. The molecule has 1 saturated carbocycles. The number of rotatable bonds is 5. The number of carbonyl (C=O) groups is 1. The van der Waals surface area contributed by atoms with Gasteiger partial charge in [-0.15, -0.1) is 6.42 Å². The van der Waals surface area contributed by atoms with Gasteiger partial charge in [0.25, 0.3) is 0 Å². The monoisotopic (exact) mass is 441 g/mol. The summed E-state index contributed by atoms with van der Waals surface area (Å²) < 4.78 is 29.7. The van der Waals surface area contributed by atoms with Crippen LogP contribution in [0.1, 0.15) is 6.42 Å². The molecule has 4 aromatic rings. The van der Waals surface area contributed by atoms with Crippen molar-refractivity contribution >= 4 is 45.6 Å². The lowest BCUT2D eigenvalue weighted by atomic mass is 10.1. The van der Waals surface area contributed by atoms with E-state index in [4.69, 9.17) is 18.0 Å². The van der Waals surface area contributed by atoms with E-state index in [9.17, 15) is 9.18 Å². The molecule has 1 aliphatic rings. The molecule has 2 atom stereocenters. The Morgan fingerprint density at radius 2 is 2.23 bits per heavy atom. The topological polar surface area (TPSA) is 100 Å². The molecule has 1 aromatic carbocycles. The third-order valence-corrected chi connectivity index (χ3v) is 5.41. The first-order chi connectivity index (χ1) is 15.0. The van der Waals surface area contributed by atoms with E-state index in [0.717, 1.165) is 0 Å². The van der Waals surface area contributed by atoms with E-state index in [2.05, 4.69) is 36.7 Å². The molecule has 11 heteroatoms. The van der Waals surface area contributed by atoms with Crippen LogP contribution >= 0.6 is 11.6 Å². The number of carbonyl (C=O) groups excluding carboxylic acids is 1. The lowest BCUT2D eigenvalue weighted by molar-refractivity contribution is -0.117. The van der Waals surface area contributed by atoms with Crippen LogP contribution in [0.3, 0.4) is 0 Å². The molecule has 8 nitrogen and oxygen atoms in total. The summed E-state index contributed by atoms with van der Waals surface area (Å²) in [6, 6.07) is 0. The Kier molecular flexibility index (Phi) is 4.48. The summed E-state index contributed by atoms with van der Waals surface area (Å²) in [7, 11) is 0. The molecule has 31 heavy (non-hydrogen) atoms. The van der Waals surface area contributed by atoms with Crippen molar-refractivity contribution < 1.29 is 13.6 Å². The van der Waals surface area contributed by atoms with Gasteiger partial charge in [-0.25, -0.2) is 13.8 Å². The maximum atomic E-state index is 15.0. The van der Waals surface area contributed by atoms with Crippen LogP contribution in [0.5, 0.6) is 0 Å². The van der Waals surface area contributed by atoms with Gasteiger partial charge in [0.15, 0.2) is 17.3 Å². The molecule has 0 saturated heterocycles. The van der Waals surface area contributed by atoms with Crippen molar-refractivity contribution in [2.24, 2.45) is 5.92 Å². The number of hydrogen-bond acceptors (Lipinski definition) is 5. The zero-order valence-electron chi connectivity index (χ0n) is 15.8. The minimum Gasteiger partial charge on any atom is -0.370 e. The number of nitrogens with zero attached hydrogens (tertiary/aromatic N) is 4. The van der Waals surface area contributed by atoms with E-state index in [-0.39, 0.29) is 29.5 Å². The Balaban J connectivity index is 1.56. The van der Waals surface area contributed by atoms with E-state index in [1.165, 1.54) is 12.4 Å². The summed E-state index contributed by atoms with van der Waals surface area (Å²) in [4.78, 5) is 20.6. The van der Waals surface area contributed by atoms with Crippen molar-refractivity contribution in [3.63, 3.8) is 0 Å². The number of H-pyrrole nitrogens is 1. The SMILES string of the molecule is C#CCNc1c(F)c(Cl)c(-c2cn3cc(NC(=O)C4CC4F)nc3cn2)c2cn[nH]c12. The highest BCUT2D eigenvalue weighted by atomic mass is 35.5. The fraction of sp³-hybridized carbons (Fsp3) is 0.200. The van der Waals surface area contributed by atoms with Crippen LogP contribution in [0.4, 0.5) is 20.3 Å². The highest BCUT2D eigenvalue weighted by molar-refractivity contribution is 6.35. The van der Waals surface area contributed by atoms with Gasteiger partial charge in [-0.2, -0.15) is 5.10 Å². The Morgan fingerprint density at radius 1 is 1.42 bits per heavy atom. The van der Waals surface area contributed by atoms with Gasteiger partial charge in [0, 0.05) is 17.1 Å². The number of aromatic amines is 1. The van der Waals surface area contributed by atoms with Crippen LogP contribution < -0.4 is 10.6 Å². The van der Waals surface area contributed by atoms with Crippen LogP contribution in [0.25, 0.3) is 27.8 Å². The predicted molar refractivity (Wildman–Crippen MR) is 112 cm³/mol. The van der Waals surface area contributed by atoms with E-state index >= 15 is 4.39 Å². The van der Waals surface area contributed by atoms with Crippen molar-refractivity contribution in [1.29, 1.82) is 0 Å². The molecule has 0 bridgehead atoms. The number of fused-ring (bicyclic) bond motifs is 2. The van der Waals surface area contributed by atoms with Gasteiger partial charge >= 0.3 is 0 Å². The summed E-state index contributed by atoms with van der Waals surface area (Å²) in [5.41, 5.74) is 1.68. The second-order valence-corrected chi connectivity index (χ2v) is 7.48. The Hall–Kier alpha value is -3.71. The van der Waals surface area contributed by atoms with Gasteiger partial charge in [0.05, 0.1) is 53.0 Å². The number of hydrogen-bond donors (Lipinski definition) is 3. The largest absolute Gasteiger partial charge is 0.370 e. The summed E-state index contributed by atoms with van der Waals surface area (Å²) in [5.74, 6) is 0.926. The summed E-state index contributed by atoms with van der Waals surface area (Å²) in [6.45, 7) is 0.110. The predicted octanol–water partition coefficient (Wildman–Crippen LogP) is 3.41. The van der Waals surface area contributed by atoms with E-state index in [1.54, 1.807) is 16.8 Å². The number of benzene rings is 1. The van der Waals surface area contributed by atoms with Crippen molar-refractivity contribution in [2.45, 2.75) is 12.6 Å². The van der Waals surface area contributed by atoms with Gasteiger partial charge in [-0.05, 0) is 6.42 Å². The first-order valence-electron chi connectivity index (χ1n) is 9.29. The lowest BCUT2D eigenvalue weighted by Gasteiger charge is -2.12. The molecule has 0 spiro atoms. The number of nitrogens with one attached hydrogen (secondary N) is 3. The van der Waals surface area contributed by atoms with Gasteiger partial charge in [0.1, 0.15) is 6.17 Å². The first kappa shape index (κ1) is 19.3. The smallest absolute Gasteiger partial charge is 0.231 e. The standard InChI is InChI=1S/C20H14ClF2N7O/c1-2-3-24-19-17(23)16(21)15(10-5-26-29-18(10)19)12-7-30-8-13(27-14(30)6-25-12)28-20(31)9-4-11(9)22/h1,5-9,11,24H,3-4H2,(H,26,29)(H,28,31). The third-order valence-electron chi connectivity index (χ3n) is 5.06. The Morgan fingerprint density at radius 3 is 2.97 bits per heavy atom. The van der Waals surface area contributed by atoms with Crippen LogP contribution in [-0.4, -0.2) is 43.2 Å². The van der Waals surface area contributed by atoms with Gasteiger partial charge in [0.2, 0.25) is 5.91 Å². The maximum Gasteiger partial charge on any atom is 0.231 e. The van der Waals surface area contributed by atoms with Crippen LogP contribution in [0, 0.1) is 24.1 Å². The van der Waals surface area contributed by atoms with E-state index in [0.29, 0.717) is 27.8 Å². The van der Waals surface area contributed by atoms with Crippen molar-refractivity contribution in [3.8, 4) is 23.6 Å². The summed E-state index contributed by atoms with van der Waals surface area (Å²) in [5, 5.41) is 12.6. The molecular formula is C20H14ClF2N7O. The quantitative estimate of drug-likeness (QED) is 0.412. The third kappa shape index (κ3) is 3.23. The molecule has 3 aromatic heterocycles. The molecule has 2 unspecified atom stereocenters. The fourth-order valence-electron chi connectivity index (χ4n) is 3.41. The average Bonchev–Trinajstić information content (AvgIpc) is 3.12. The number of anilines is 2. The fourth-order valence-corrected chi connectivity index (χ4v) is 3.71. The molecule has 156 valence electrons. The molecule has 1 fully saturated rings. The zero-order chi connectivity index (χ0) is 21.7. The molecule has 5 rings (SSSR count). The molecule has 1 aliphatic carbocycles. The number of halogens is 3. The number of imidazole rings is 1. The molecule has 3 N–H and O–H groups in total. The maximum absolute atomic E-state index is 15.0. The van der Waals surface area contributed by atoms with Crippen LogP contribution in [0.2, 0.25) is 5.02 Å².